The first kappa shape index (κ1) is 15.0. The minimum atomic E-state index is -0.0456. The van der Waals surface area contributed by atoms with E-state index >= 15 is 0 Å². The van der Waals surface area contributed by atoms with Crippen molar-refractivity contribution in [3.05, 3.63) is 35.4 Å². The standard InChI is InChI=1S/C16H19NO2S/c18-10-4-3-6-13-5-1-2-7-15(13)16(19)17-14-8-11-20-12-9-14/h1-2,5,7,14,18H,4,8-12H2,(H,17,19). The second-order valence-corrected chi connectivity index (χ2v) is 5.91. The molecule has 1 amide bonds. The second kappa shape index (κ2) is 7.98. The van der Waals surface area contributed by atoms with Crippen LogP contribution in [0.4, 0.5) is 0 Å². The minimum Gasteiger partial charge on any atom is -0.395 e. The highest BCUT2D eigenvalue weighted by Gasteiger charge is 2.18. The van der Waals surface area contributed by atoms with Crippen molar-refractivity contribution in [1.29, 1.82) is 0 Å². The molecular weight excluding hydrogens is 270 g/mol. The monoisotopic (exact) mass is 289 g/mol. The maximum absolute atomic E-state index is 12.3. The summed E-state index contributed by atoms with van der Waals surface area (Å²) in [6.45, 7) is 0.0428. The molecule has 0 atom stereocenters. The molecule has 0 radical (unpaired) electrons. The van der Waals surface area contributed by atoms with Crippen LogP contribution >= 0.6 is 11.8 Å². The smallest absolute Gasteiger partial charge is 0.252 e. The average Bonchev–Trinajstić information content (AvgIpc) is 2.49. The zero-order valence-corrected chi connectivity index (χ0v) is 12.2. The first-order valence-corrected chi connectivity index (χ1v) is 8.04. The largest absolute Gasteiger partial charge is 0.395 e. The van der Waals surface area contributed by atoms with Crippen LogP contribution in [0.15, 0.2) is 24.3 Å². The van der Waals surface area contributed by atoms with Gasteiger partial charge in [0, 0.05) is 18.0 Å². The molecular formula is C16H19NO2S. The Morgan fingerprint density at radius 2 is 2.10 bits per heavy atom. The topological polar surface area (TPSA) is 49.3 Å². The van der Waals surface area contributed by atoms with Gasteiger partial charge in [-0.05, 0) is 36.5 Å². The van der Waals surface area contributed by atoms with E-state index in [1.165, 1.54) is 0 Å². The third-order valence-corrected chi connectivity index (χ3v) is 4.24. The molecule has 3 nitrogen and oxygen atoms in total. The van der Waals surface area contributed by atoms with Gasteiger partial charge < -0.3 is 10.4 Å². The van der Waals surface area contributed by atoms with E-state index in [1.807, 2.05) is 30.0 Å². The number of nitrogens with one attached hydrogen (secondary N) is 1. The molecule has 106 valence electrons. The average molecular weight is 289 g/mol. The number of aliphatic hydroxyl groups excluding tert-OH is 1. The lowest BCUT2D eigenvalue weighted by Gasteiger charge is -2.22. The van der Waals surface area contributed by atoms with Crippen LogP contribution in [-0.2, 0) is 0 Å². The van der Waals surface area contributed by atoms with E-state index in [0.717, 1.165) is 29.9 Å². The van der Waals surface area contributed by atoms with E-state index in [1.54, 1.807) is 6.07 Å². The number of hydrogen-bond donors (Lipinski definition) is 2. The zero-order chi connectivity index (χ0) is 14.2. The van der Waals surface area contributed by atoms with E-state index < -0.39 is 0 Å². The fourth-order valence-corrected chi connectivity index (χ4v) is 3.22. The minimum absolute atomic E-state index is 0.0428. The number of benzene rings is 1. The molecule has 4 heteroatoms. The summed E-state index contributed by atoms with van der Waals surface area (Å²) in [7, 11) is 0. The maximum Gasteiger partial charge on any atom is 0.252 e. The summed E-state index contributed by atoms with van der Waals surface area (Å²) in [5.41, 5.74) is 1.35. The third-order valence-electron chi connectivity index (χ3n) is 3.19. The Morgan fingerprint density at radius 3 is 2.85 bits per heavy atom. The molecule has 1 saturated heterocycles. The highest BCUT2D eigenvalue weighted by atomic mass is 32.2. The van der Waals surface area contributed by atoms with Crippen LogP contribution in [0.2, 0.25) is 0 Å². The molecule has 0 saturated carbocycles. The molecule has 1 fully saturated rings. The Hall–Kier alpha value is -1.44. The molecule has 1 aromatic carbocycles. The van der Waals surface area contributed by atoms with Gasteiger partial charge in [-0.25, -0.2) is 0 Å². The van der Waals surface area contributed by atoms with Crippen molar-refractivity contribution >= 4 is 17.7 Å². The van der Waals surface area contributed by atoms with E-state index in [4.69, 9.17) is 5.11 Å². The van der Waals surface area contributed by atoms with Gasteiger partial charge in [0.25, 0.3) is 5.91 Å². The van der Waals surface area contributed by atoms with Gasteiger partial charge in [0.2, 0.25) is 0 Å². The summed E-state index contributed by atoms with van der Waals surface area (Å²) in [5, 5.41) is 11.9. The molecule has 0 bridgehead atoms. The van der Waals surface area contributed by atoms with Gasteiger partial charge in [0.15, 0.2) is 0 Å². The molecule has 1 aromatic rings. The molecule has 0 unspecified atom stereocenters. The number of hydrogen-bond acceptors (Lipinski definition) is 3. The van der Waals surface area contributed by atoms with Crippen molar-refractivity contribution in [2.45, 2.75) is 25.3 Å². The number of aliphatic hydroxyl groups is 1. The van der Waals surface area contributed by atoms with Crippen molar-refractivity contribution in [2.75, 3.05) is 18.1 Å². The molecule has 20 heavy (non-hydrogen) atoms. The Kier molecular flexibility index (Phi) is 5.97. The van der Waals surface area contributed by atoms with Crippen LogP contribution in [0.25, 0.3) is 0 Å². The third kappa shape index (κ3) is 4.29. The molecule has 1 aliphatic rings. The summed E-state index contributed by atoms with van der Waals surface area (Å²) < 4.78 is 0. The van der Waals surface area contributed by atoms with Crippen LogP contribution in [0, 0.1) is 11.8 Å². The number of carbonyl (C=O) groups excluding carboxylic acids is 1. The Bertz CT molecular complexity index is 513. The van der Waals surface area contributed by atoms with Crippen LogP contribution < -0.4 is 5.32 Å². The lowest BCUT2D eigenvalue weighted by atomic mass is 10.1. The normalized spacial score (nSPS) is 15.2. The van der Waals surface area contributed by atoms with Crippen molar-refractivity contribution in [1.82, 2.24) is 5.32 Å². The molecule has 2 N–H and O–H groups in total. The van der Waals surface area contributed by atoms with Crippen LogP contribution in [0.3, 0.4) is 0 Å². The van der Waals surface area contributed by atoms with E-state index in [9.17, 15) is 4.79 Å². The summed E-state index contributed by atoms with van der Waals surface area (Å²) in [4.78, 5) is 12.3. The van der Waals surface area contributed by atoms with Gasteiger partial charge in [-0.2, -0.15) is 11.8 Å². The molecule has 0 aliphatic carbocycles. The number of amides is 1. The van der Waals surface area contributed by atoms with Gasteiger partial charge in [0.05, 0.1) is 12.2 Å². The fourth-order valence-electron chi connectivity index (χ4n) is 2.11. The van der Waals surface area contributed by atoms with E-state index in [2.05, 4.69) is 17.2 Å². The number of thioether (sulfide) groups is 1. The SMILES string of the molecule is O=C(NC1CCSCC1)c1ccccc1C#CCCO. The van der Waals surface area contributed by atoms with Gasteiger partial charge in [-0.15, -0.1) is 0 Å². The van der Waals surface area contributed by atoms with Crippen molar-refractivity contribution in [3.63, 3.8) is 0 Å². The molecule has 1 aliphatic heterocycles. The summed E-state index contributed by atoms with van der Waals surface area (Å²) in [5.74, 6) is 8.01. The first-order chi connectivity index (χ1) is 9.81. The van der Waals surface area contributed by atoms with Crippen molar-refractivity contribution in [3.8, 4) is 11.8 Å². The lowest BCUT2D eigenvalue weighted by molar-refractivity contribution is 0.0934. The molecule has 0 spiro atoms. The summed E-state index contributed by atoms with van der Waals surface area (Å²) in [6.07, 6.45) is 2.50. The first-order valence-electron chi connectivity index (χ1n) is 6.88. The second-order valence-electron chi connectivity index (χ2n) is 4.68. The van der Waals surface area contributed by atoms with Gasteiger partial charge in [-0.3, -0.25) is 4.79 Å². The zero-order valence-electron chi connectivity index (χ0n) is 11.4. The highest BCUT2D eigenvalue weighted by molar-refractivity contribution is 7.99. The Morgan fingerprint density at radius 1 is 1.35 bits per heavy atom. The quantitative estimate of drug-likeness (QED) is 0.837. The number of rotatable bonds is 3. The Labute approximate surface area is 124 Å². The fraction of sp³-hybridized carbons (Fsp3) is 0.438. The predicted molar refractivity (Wildman–Crippen MR) is 82.8 cm³/mol. The van der Waals surface area contributed by atoms with Crippen molar-refractivity contribution < 1.29 is 9.90 Å². The maximum atomic E-state index is 12.3. The number of carbonyl (C=O) groups is 1. The summed E-state index contributed by atoms with van der Waals surface area (Å²) >= 11 is 1.94. The van der Waals surface area contributed by atoms with Crippen LogP contribution in [0.1, 0.15) is 35.2 Å². The molecule has 1 heterocycles. The lowest BCUT2D eigenvalue weighted by Crippen LogP contribution is -2.37. The molecule has 2 rings (SSSR count). The van der Waals surface area contributed by atoms with E-state index in [-0.39, 0.29) is 18.6 Å². The highest BCUT2D eigenvalue weighted by Crippen LogP contribution is 2.17. The van der Waals surface area contributed by atoms with Crippen LogP contribution in [-0.4, -0.2) is 35.2 Å². The predicted octanol–water partition coefficient (Wildman–Crippen LogP) is 2.05. The molecule has 0 aromatic heterocycles. The van der Waals surface area contributed by atoms with E-state index in [0.29, 0.717) is 12.0 Å². The van der Waals surface area contributed by atoms with Gasteiger partial charge in [-0.1, -0.05) is 24.0 Å². The van der Waals surface area contributed by atoms with Crippen LogP contribution in [0.5, 0.6) is 0 Å². The van der Waals surface area contributed by atoms with Gasteiger partial charge in [0.1, 0.15) is 0 Å². The van der Waals surface area contributed by atoms with Gasteiger partial charge >= 0.3 is 0 Å². The summed E-state index contributed by atoms with van der Waals surface area (Å²) in [6, 6.07) is 7.65. The van der Waals surface area contributed by atoms with Crippen molar-refractivity contribution in [2.24, 2.45) is 0 Å². The Balaban J connectivity index is 2.07.